The number of benzene rings is 2. The Labute approximate surface area is 252 Å². The highest BCUT2D eigenvalue weighted by atomic mass is 19.1. The SMILES string of the molecule is CCCC(CCC)N(C(=O)CN1C[C@H](c2ccc3c(c2)OCO3)[C@@H](C(=O)O)[C@@H]1CCn1cccn1)c1ccc(F)c(C)c1. The van der Waals surface area contributed by atoms with E-state index in [4.69, 9.17) is 9.47 Å². The Bertz CT molecular complexity index is 1410. The summed E-state index contributed by atoms with van der Waals surface area (Å²) in [6, 6.07) is 11.8. The molecule has 1 aromatic heterocycles. The molecule has 1 N–H and O–H groups in total. The Morgan fingerprint density at radius 3 is 2.56 bits per heavy atom. The fraction of sp³-hybridized carbons (Fsp3) is 0.485. The minimum absolute atomic E-state index is 0.0441. The van der Waals surface area contributed by atoms with E-state index in [9.17, 15) is 19.1 Å². The summed E-state index contributed by atoms with van der Waals surface area (Å²) in [5, 5.41) is 14.9. The molecule has 5 rings (SSSR count). The molecule has 0 spiro atoms. The van der Waals surface area contributed by atoms with Crippen LogP contribution in [0.25, 0.3) is 0 Å². The van der Waals surface area contributed by atoms with Gasteiger partial charge in [0.2, 0.25) is 12.7 Å². The molecule has 10 heteroatoms. The van der Waals surface area contributed by atoms with Crippen LogP contribution in [0.1, 0.15) is 63.0 Å². The van der Waals surface area contributed by atoms with E-state index in [1.54, 1.807) is 29.9 Å². The van der Waals surface area contributed by atoms with E-state index in [1.165, 1.54) is 6.07 Å². The van der Waals surface area contributed by atoms with Crippen molar-refractivity contribution in [3.05, 3.63) is 71.8 Å². The van der Waals surface area contributed by atoms with Crippen molar-refractivity contribution in [1.82, 2.24) is 14.7 Å². The molecule has 230 valence electrons. The van der Waals surface area contributed by atoms with Crippen LogP contribution >= 0.6 is 0 Å². The zero-order chi connectivity index (χ0) is 30.5. The maximum Gasteiger partial charge on any atom is 0.308 e. The molecule has 3 aromatic rings. The van der Waals surface area contributed by atoms with E-state index in [-0.39, 0.29) is 37.0 Å². The summed E-state index contributed by atoms with van der Waals surface area (Å²) in [5.41, 5.74) is 2.00. The fourth-order valence-electron chi connectivity index (χ4n) is 6.69. The van der Waals surface area contributed by atoms with E-state index >= 15 is 0 Å². The van der Waals surface area contributed by atoms with E-state index in [0.717, 1.165) is 31.2 Å². The summed E-state index contributed by atoms with van der Waals surface area (Å²) >= 11 is 0. The maximum atomic E-state index is 14.3. The predicted octanol–water partition coefficient (Wildman–Crippen LogP) is 5.62. The molecule has 2 aliphatic rings. The number of halogens is 1. The minimum Gasteiger partial charge on any atom is -0.481 e. The lowest BCUT2D eigenvalue weighted by Crippen LogP contribution is -2.48. The molecule has 0 radical (unpaired) electrons. The topological polar surface area (TPSA) is 97.1 Å². The Hall–Kier alpha value is -3.92. The quantitative estimate of drug-likeness (QED) is 0.275. The third-order valence-corrected chi connectivity index (χ3v) is 8.71. The second-order valence-electron chi connectivity index (χ2n) is 11.6. The number of likely N-dealkylation sites (tertiary alicyclic amines) is 1. The standard InChI is InChI=1S/C33H41FN4O5/c1-4-7-24(8-5-2)38(25-10-11-27(34)22(3)17-25)31(39)20-36-19-26(23-9-12-29-30(18-23)43-21-42-29)32(33(40)41)28(36)13-16-37-15-6-14-35-37/h6,9-12,14-15,17-18,24,26,28,32H,4-5,7-8,13,16,19-21H2,1-3H3,(H,40,41)/t26-,28+,32-/m1/s1. The second kappa shape index (κ2) is 13.6. The van der Waals surface area contributed by atoms with Crippen molar-refractivity contribution in [2.45, 2.75) is 77.4 Å². The zero-order valence-electron chi connectivity index (χ0n) is 25.1. The number of carboxylic acids is 1. The van der Waals surface area contributed by atoms with Gasteiger partial charge < -0.3 is 19.5 Å². The van der Waals surface area contributed by atoms with Gasteiger partial charge in [-0.1, -0.05) is 32.8 Å². The number of carbonyl (C=O) groups is 2. The number of rotatable bonds is 13. The highest BCUT2D eigenvalue weighted by Gasteiger charge is 2.47. The van der Waals surface area contributed by atoms with Gasteiger partial charge in [0.05, 0.1) is 12.5 Å². The zero-order valence-corrected chi connectivity index (χ0v) is 25.1. The van der Waals surface area contributed by atoms with Crippen LogP contribution < -0.4 is 14.4 Å². The lowest BCUT2D eigenvalue weighted by molar-refractivity contribution is -0.143. The normalized spacial score (nSPS) is 19.7. The molecular formula is C33H41FN4O5. The van der Waals surface area contributed by atoms with E-state index in [2.05, 4.69) is 18.9 Å². The van der Waals surface area contributed by atoms with Crippen LogP contribution in [-0.2, 0) is 16.1 Å². The predicted molar refractivity (Wildman–Crippen MR) is 161 cm³/mol. The summed E-state index contributed by atoms with van der Waals surface area (Å²) in [7, 11) is 0. The lowest BCUT2D eigenvalue weighted by atomic mass is 9.84. The number of aromatic nitrogens is 2. The Kier molecular flexibility index (Phi) is 9.65. The lowest BCUT2D eigenvalue weighted by Gasteiger charge is -2.35. The van der Waals surface area contributed by atoms with Crippen molar-refractivity contribution in [1.29, 1.82) is 0 Å². The largest absolute Gasteiger partial charge is 0.481 e. The van der Waals surface area contributed by atoms with E-state index < -0.39 is 17.9 Å². The fourth-order valence-corrected chi connectivity index (χ4v) is 6.69. The van der Waals surface area contributed by atoms with Gasteiger partial charge in [0.25, 0.3) is 0 Å². The van der Waals surface area contributed by atoms with Gasteiger partial charge in [0, 0.05) is 49.2 Å². The number of aryl methyl sites for hydroxylation is 2. The van der Waals surface area contributed by atoms with Gasteiger partial charge in [-0.2, -0.15) is 5.10 Å². The average Bonchev–Trinajstić information content (AvgIpc) is 3.74. The number of carboxylic acid groups (broad SMARTS) is 1. The van der Waals surface area contributed by atoms with E-state index in [0.29, 0.717) is 42.3 Å². The molecule has 9 nitrogen and oxygen atoms in total. The summed E-state index contributed by atoms with van der Waals surface area (Å²) in [6.07, 6.45) is 7.50. The molecule has 1 saturated heterocycles. The van der Waals surface area contributed by atoms with Crippen LogP contribution in [-0.4, -0.2) is 63.6 Å². The first-order valence-electron chi connectivity index (χ1n) is 15.2. The van der Waals surface area contributed by atoms with Crippen molar-refractivity contribution < 1.29 is 28.6 Å². The molecule has 2 aliphatic heterocycles. The molecular weight excluding hydrogens is 551 g/mol. The van der Waals surface area contributed by atoms with Gasteiger partial charge in [0.15, 0.2) is 11.5 Å². The van der Waals surface area contributed by atoms with Gasteiger partial charge in [-0.25, -0.2) is 4.39 Å². The molecule has 3 atom stereocenters. The summed E-state index contributed by atoms with van der Waals surface area (Å²) in [5.74, 6) is -1.18. The van der Waals surface area contributed by atoms with Crippen LogP contribution in [0, 0.1) is 18.7 Å². The number of hydrogen-bond acceptors (Lipinski definition) is 6. The highest BCUT2D eigenvalue weighted by molar-refractivity contribution is 5.95. The molecule has 0 saturated carbocycles. The third kappa shape index (κ3) is 6.69. The van der Waals surface area contributed by atoms with Gasteiger partial charge in [-0.05, 0) is 73.7 Å². The van der Waals surface area contributed by atoms with Gasteiger partial charge in [-0.15, -0.1) is 0 Å². The number of aliphatic carboxylic acids is 1. The van der Waals surface area contributed by atoms with Crippen LogP contribution in [0.3, 0.4) is 0 Å². The molecule has 0 aliphatic carbocycles. The van der Waals surface area contributed by atoms with Gasteiger partial charge in [0.1, 0.15) is 5.82 Å². The number of ether oxygens (including phenoxy) is 2. The summed E-state index contributed by atoms with van der Waals surface area (Å²) in [4.78, 5) is 31.1. The first-order valence-corrected chi connectivity index (χ1v) is 15.2. The molecule has 3 heterocycles. The third-order valence-electron chi connectivity index (χ3n) is 8.71. The van der Waals surface area contributed by atoms with Crippen molar-refractivity contribution in [3.8, 4) is 11.5 Å². The summed E-state index contributed by atoms with van der Waals surface area (Å²) in [6.45, 7) is 7.00. The van der Waals surface area contributed by atoms with Crippen LogP contribution in [0.5, 0.6) is 11.5 Å². The number of hydrogen-bond donors (Lipinski definition) is 1. The second-order valence-corrected chi connectivity index (χ2v) is 11.6. The number of anilines is 1. The smallest absolute Gasteiger partial charge is 0.308 e. The Morgan fingerprint density at radius 2 is 1.88 bits per heavy atom. The Balaban J connectivity index is 1.48. The average molecular weight is 593 g/mol. The summed E-state index contributed by atoms with van der Waals surface area (Å²) < 4.78 is 27.1. The number of fused-ring (bicyclic) bond motifs is 1. The highest BCUT2D eigenvalue weighted by Crippen LogP contribution is 2.43. The number of amides is 1. The molecule has 2 aromatic carbocycles. The molecule has 1 fully saturated rings. The maximum absolute atomic E-state index is 14.3. The van der Waals surface area contributed by atoms with Crippen molar-refractivity contribution in [3.63, 3.8) is 0 Å². The van der Waals surface area contributed by atoms with Crippen LogP contribution in [0.15, 0.2) is 54.9 Å². The minimum atomic E-state index is -0.899. The molecule has 0 unspecified atom stereocenters. The van der Waals surface area contributed by atoms with E-state index in [1.807, 2.05) is 40.3 Å². The van der Waals surface area contributed by atoms with Crippen LogP contribution in [0.2, 0.25) is 0 Å². The molecule has 0 bridgehead atoms. The van der Waals surface area contributed by atoms with Crippen LogP contribution in [0.4, 0.5) is 10.1 Å². The monoisotopic (exact) mass is 592 g/mol. The Morgan fingerprint density at radius 1 is 1.12 bits per heavy atom. The first-order chi connectivity index (χ1) is 20.8. The number of nitrogens with zero attached hydrogens (tertiary/aromatic N) is 4. The van der Waals surface area contributed by atoms with Gasteiger partial charge in [-0.3, -0.25) is 19.2 Å². The molecule has 1 amide bonds. The molecule has 43 heavy (non-hydrogen) atoms. The van der Waals surface area contributed by atoms with Crippen molar-refractivity contribution in [2.75, 3.05) is 24.8 Å². The first kappa shape index (κ1) is 30.5. The van der Waals surface area contributed by atoms with Crippen molar-refractivity contribution >= 4 is 17.6 Å². The number of carbonyl (C=O) groups excluding carboxylic acids is 1. The van der Waals surface area contributed by atoms with Crippen molar-refractivity contribution in [2.24, 2.45) is 5.92 Å². The van der Waals surface area contributed by atoms with Gasteiger partial charge >= 0.3 is 5.97 Å².